The zero-order valence-electron chi connectivity index (χ0n) is 14.9. The molecule has 28 heavy (non-hydrogen) atoms. The summed E-state index contributed by atoms with van der Waals surface area (Å²) in [4.78, 5) is 35.3. The number of ether oxygens (including phenoxy) is 1. The number of hydrogen-bond donors (Lipinski definition) is 2. The molecule has 2 aromatic carbocycles. The highest BCUT2D eigenvalue weighted by Crippen LogP contribution is 2.30. The maximum absolute atomic E-state index is 12.8. The molecule has 0 radical (unpaired) electrons. The van der Waals surface area contributed by atoms with E-state index in [0.29, 0.717) is 16.3 Å². The first kappa shape index (κ1) is 18.8. The number of aromatic hydroxyl groups is 1. The second-order valence-electron chi connectivity index (χ2n) is 6.15. The molecule has 2 aromatic rings. The quantitative estimate of drug-likeness (QED) is 0.351. The molecule has 3 amide bonds. The molecule has 2 N–H and O–H groups in total. The number of carbonyl (C=O) groups excluding carboxylic acids is 2. The number of phenolic OH excluding ortho intramolecular Hbond substituents is 1. The average molecular weight is 384 g/mol. The van der Waals surface area contributed by atoms with E-state index in [4.69, 9.17) is 4.74 Å². The summed E-state index contributed by atoms with van der Waals surface area (Å²) in [5.74, 6) is -0.316. The number of imide groups is 1. The Bertz CT molecular complexity index is 988. The Hall–Kier alpha value is -3.95. The van der Waals surface area contributed by atoms with Crippen molar-refractivity contribution in [3.8, 4) is 11.5 Å². The van der Waals surface area contributed by atoms with Gasteiger partial charge in [0.15, 0.2) is 0 Å². The first-order valence-electron chi connectivity index (χ1n) is 8.09. The van der Waals surface area contributed by atoms with E-state index >= 15 is 0 Å². The Morgan fingerprint density at radius 3 is 2.54 bits per heavy atom. The highest BCUT2D eigenvalue weighted by molar-refractivity contribution is 6.07. The van der Waals surface area contributed by atoms with Crippen LogP contribution in [-0.4, -0.2) is 40.3 Å². The standard InChI is InChI=1S/C18H16N4O6/c1-18(12-3-6-14(28-2)7-4-12)16(24)21(17(25)20-18)19-10-11-9-13(22(26)27)5-8-15(11)23/h3-10,23H,1-2H3,(H,20,25)/b19-10+/t18-/m1/s1. The molecule has 1 aliphatic rings. The second-order valence-corrected chi connectivity index (χ2v) is 6.15. The number of non-ortho nitro benzene ring substituents is 1. The SMILES string of the molecule is COc1ccc([C@@]2(C)NC(=O)N(/N=C/c3cc([N+](=O)[O-])ccc3O)C2=O)cc1. The van der Waals surface area contributed by atoms with Crippen LogP contribution in [0.2, 0.25) is 0 Å². The van der Waals surface area contributed by atoms with Gasteiger partial charge < -0.3 is 15.2 Å². The number of phenols is 1. The smallest absolute Gasteiger partial charge is 0.346 e. The topological polar surface area (TPSA) is 134 Å². The zero-order chi connectivity index (χ0) is 20.5. The van der Waals surface area contributed by atoms with Crippen molar-refractivity contribution >= 4 is 23.8 Å². The van der Waals surface area contributed by atoms with Gasteiger partial charge in [-0.25, -0.2) is 4.79 Å². The normalized spacial score (nSPS) is 19.1. The van der Waals surface area contributed by atoms with Gasteiger partial charge in [0.25, 0.3) is 11.6 Å². The lowest BCUT2D eigenvalue weighted by molar-refractivity contribution is -0.384. The fourth-order valence-corrected chi connectivity index (χ4v) is 2.73. The first-order chi connectivity index (χ1) is 13.3. The Morgan fingerprint density at radius 2 is 1.93 bits per heavy atom. The third-order valence-electron chi connectivity index (χ3n) is 4.37. The first-order valence-corrected chi connectivity index (χ1v) is 8.09. The number of hydrazone groups is 1. The second kappa shape index (κ2) is 6.99. The summed E-state index contributed by atoms with van der Waals surface area (Å²) >= 11 is 0. The van der Waals surface area contributed by atoms with Crippen LogP contribution in [0.5, 0.6) is 11.5 Å². The third kappa shape index (κ3) is 3.22. The minimum absolute atomic E-state index is 0.00662. The molecule has 144 valence electrons. The summed E-state index contributed by atoms with van der Waals surface area (Å²) in [6.07, 6.45) is 1.01. The van der Waals surface area contributed by atoms with Crippen molar-refractivity contribution < 1.29 is 24.4 Å². The number of methoxy groups -OCH3 is 1. The summed E-state index contributed by atoms with van der Waals surface area (Å²) < 4.78 is 5.08. The van der Waals surface area contributed by atoms with Crippen LogP contribution in [0.4, 0.5) is 10.5 Å². The Labute approximate surface area is 159 Å². The number of nitro groups is 1. The fourth-order valence-electron chi connectivity index (χ4n) is 2.73. The summed E-state index contributed by atoms with van der Waals surface area (Å²) in [6.45, 7) is 1.54. The summed E-state index contributed by atoms with van der Waals surface area (Å²) in [6, 6.07) is 9.20. The average Bonchev–Trinajstić information content (AvgIpc) is 2.90. The molecule has 1 saturated heterocycles. The molecule has 1 aliphatic heterocycles. The molecule has 0 saturated carbocycles. The largest absolute Gasteiger partial charge is 0.507 e. The number of hydrogen-bond acceptors (Lipinski definition) is 7. The van der Waals surface area contributed by atoms with E-state index in [0.717, 1.165) is 24.4 Å². The fraction of sp³-hybridized carbons (Fsp3) is 0.167. The minimum Gasteiger partial charge on any atom is -0.507 e. The molecule has 1 atom stereocenters. The van der Waals surface area contributed by atoms with Gasteiger partial charge in [0, 0.05) is 17.7 Å². The Kier molecular flexibility index (Phi) is 4.70. The van der Waals surface area contributed by atoms with E-state index < -0.39 is 22.4 Å². The number of rotatable bonds is 5. The number of benzene rings is 2. The molecule has 3 rings (SSSR count). The summed E-state index contributed by atoms with van der Waals surface area (Å²) in [7, 11) is 1.51. The van der Waals surface area contributed by atoms with Gasteiger partial charge in [-0.2, -0.15) is 5.10 Å². The van der Waals surface area contributed by atoms with Crippen LogP contribution in [0, 0.1) is 10.1 Å². The lowest BCUT2D eigenvalue weighted by atomic mass is 9.92. The van der Waals surface area contributed by atoms with E-state index in [1.165, 1.54) is 14.0 Å². The van der Waals surface area contributed by atoms with Gasteiger partial charge in [-0.05, 0) is 30.7 Å². The van der Waals surface area contributed by atoms with Crippen molar-refractivity contribution in [2.24, 2.45) is 5.10 Å². The lowest BCUT2D eigenvalue weighted by Crippen LogP contribution is -2.40. The van der Waals surface area contributed by atoms with Gasteiger partial charge in [0.1, 0.15) is 17.0 Å². The highest BCUT2D eigenvalue weighted by Gasteiger charge is 2.49. The van der Waals surface area contributed by atoms with E-state index in [-0.39, 0.29) is 17.0 Å². The van der Waals surface area contributed by atoms with E-state index in [9.17, 15) is 24.8 Å². The van der Waals surface area contributed by atoms with E-state index in [1.807, 2.05) is 0 Å². The number of urea groups is 1. The number of nitrogens with zero attached hydrogens (tertiary/aromatic N) is 3. The van der Waals surface area contributed by atoms with E-state index in [2.05, 4.69) is 10.4 Å². The van der Waals surface area contributed by atoms with Crippen LogP contribution in [0.3, 0.4) is 0 Å². The molecule has 1 fully saturated rings. The minimum atomic E-state index is -1.34. The van der Waals surface area contributed by atoms with Crippen molar-refractivity contribution in [2.75, 3.05) is 7.11 Å². The summed E-state index contributed by atoms with van der Waals surface area (Å²) in [5, 5.41) is 27.7. The number of amides is 3. The Morgan fingerprint density at radius 1 is 1.25 bits per heavy atom. The van der Waals surface area contributed by atoms with Crippen LogP contribution >= 0.6 is 0 Å². The van der Waals surface area contributed by atoms with Gasteiger partial charge in [-0.1, -0.05) is 12.1 Å². The molecule has 0 unspecified atom stereocenters. The maximum atomic E-state index is 12.8. The monoisotopic (exact) mass is 384 g/mol. The summed E-state index contributed by atoms with van der Waals surface area (Å²) in [5.41, 5.74) is -1.08. The molecule has 0 bridgehead atoms. The number of nitro benzene ring substituents is 1. The predicted octanol–water partition coefficient (Wildman–Crippen LogP) is 2.11. The molecule has 0 aliphatic carbocycles. The van der Waals surface area contributed by atoms with Crippen molar-refractivity contribution in [1.29, 1.82) is 0 Å². The molecule has 10 heteroatoms. The van der Waals surface area contributed by atoms with Crippen molar-refractivity contribution in [1.82, 2.24) is 10.3 Å². The van der Waals surface area contributed by atoms with Crippen LogP contribution in [0.25, 0.3) is 0 Å². The van der Waals surface area contributed by atoms with Crippen LogP contribution in [0.15, 0.2) is 47.6 Å². The van der Waals surface area contributed by atoms with Gasteiger partial charge in [0.2, 0.25) is 0 Å². The zero-order valence-corrected chi connectivity index (χ0v) is 14.9. The van der Waals surface area contributed by atoms with Crippen LogP contribution < -0.4 is 10.1 Å². The van der Waals surface area contributed by atoms with Gasteiger partial charge in [-0.3, -0.25) is 14.9 Å². The molecule has 0 aromatic heterocycles. The lowest BCUT2D eigenvalue weighted by Gasteiger charge is -2.21. The van der Waals surface area contributed by atoms with Gasteiger partial charge >= 0.3 is 6.03 Å². The highest BCUT2D eigenvalue weighted by atomic mass is 16.6. The maximum Gasteiger partial charge on any atom is 0.346 e. The predicted molar refractivity (Wildman–Crippen MR) is 98.1 cm³/mol. The molecule has 0 spiro atoms. The van der Waals surface area contributed by atoms with Crippen LogP contribution in [-0.2, 0) is 10.3 Å². The van der Waals surface area contributed by atoms with Crippen molar-refractivity contribution in [3.05, 3.63) is 63.7 Å². The van der Waals surface area contributed by atoms with Gasteiger partial charge in [0.05, 0.1) is 18.2 Å². The number of nitrogens with one attached hydrogen (secondary N) is 1. The van der Waals surface area contributed by atoms with Gasteiger partial charge in [-0.15, -0.1) is 5.01 Å². The molecular weight excluding hydrogens is 368 g/mol. The number of carbonyl (C=O) groups is 2. The molecule has 1 heterocycles. The Balaban J connectivity index is 1.89. The van der Waals surface area contributed by atoms with Crippen molar-refractivity contribution in [3.63, 3.8) is 0 Å². The van der Waals surface area contributed by atoms with E-state index in [1.54, 1.807) is 24.3 Å². The molecular formula is C18H16N4O6. The molecule has 10 nitrogen and oxygen atoms in total. The van der Waals surface area contributed by atoms with Crippen LogP contribution in [0.1, 0.15) is 18.1 Å². The van der Waals surface area contributed by atoms with Crippen molar-refractivity contribution in [2.45, 2.75) is 12.5 Å². The third-order valence-corrected chi connectivity index (χ3v) is 4.37.